The van der Waals surface area contributed by atoms with Crippen molar-refractivity contribution in [3.63, 3.8) is 0 Å². The standard InChI is InChI=1S/C21H21N9O2S2.CH4/c1-13-11-15(26-34(22,31)32)3-5-17(13)30-16(12-20-24-27-28-25-20)4-6-18(30)19-7-8-21(33-19)29-10-9-23-14(29)2;/h3-11,26H,12H2,1-2H3,(H2,22,31,32)(H,24,25,27,28);1H4. The van der Waals surface area contributed by atoms with E-state index in [-0.39, 0.29) is 7.43 Å². The van der Waals surface area contributed by atoms with E-state index in [9.17, 15) is 8.42 Å². The first kappa shape index (κ1) is 24.3. The van der Waals surface area contributed by atoms with Gasteiger partial charge in [0.25, 0.3) is 10.2 Å². The van der Waals surface area contributed by atoms with Crippen LogP contribution >= 0.6 is 11.3 Å². The molecule has 4 aromatic heterocycles. The van der Waals surface area contributed by atoms with Crippen molar-refractivity contribution in [3.05, 3.63) is 77.8 Å². The van der Waals surface area contributed by atoms with Crippen LogP contribution in [0.1, 0.15) is 30.3 Å². The fourth-order valence-corrected chi connectivity index (χ4v) is 5.37. The highest BCUT2D eigenvalue weighted by atomic mass is 32.2. The van der Waals surface area contributed by atoms with E-state index in [2.05, 4.69) is 53.1 Å². The van der Waals surface area contributed by atoms with Gasteiger partial charge in [-0.05, 0) is 72.3 Å². The summed E-state index contributed by atoms with van der Waals surface area (Å²) in [6.45, 7) is 3.88. The molecule has 0 aliphatic carbocycles. The second kappa shape index (κ2) is 9.44. The number of imidazole rings is 1. The van der Waals surface area contributed by atoms with Gasteiger partial charge in [-0.1, -0.05) is 7.43 Å². The molecular formula is C22H25N9O2S2. The molecule has 0 bridgehead atoms. The number of nitrogens with zero attached hydrogens (tertiary/aromatic N) is 6. The minimum absolute atomic E-state index is 0. The normalized spacial score (nSPS) is 11.4. The van der Waals surface area contributed by atoms with Crippen molar-refractivity contribution in [2.24, 2.45) is 5.14 Å². The van der Waals surface area contributed by atoms with Crippen LogP contribution in [0.15, 0.2) is 54.9 Å². The molecule has 13 heteroatoms. The Labute approximate surface area is 206 Å². The van der Waals surface area contributed by atoms with Gasteiger partial charge in [-0.3, -0.25) is 9.29 Å². The number of anilines is 1. The molecule has 5 aromatic rings. The molecule has 0 atom stereocenters. The second-order valence-electron chi connectivity index (χ2n) is 7.70. The number of thiophene rings is 1. The quantitative estimate of drug-likeness (QED) is 0.305. The molecule has 4 heterocycles. The fourth-order valence-electron chi connectivity index (χ4n) is 3.86. The molecule has 0 saturated heterocycles. The highest BCUT2D eigenvalue weighted by molar-refractivity contribution is 7.90. The van der Waals surface area contributed by atoms with E-state index >= 15 is 0 Å². The van der Waals surface area contributed by atoms with Crippen LogP contribution < -0.4 is 9.86 Å². The summed E-state index contributed by atoms with van der Waals surface area (Å²) in [7, 11) is -3.87. The number of rotatable bonds is 7. The summed E-state index contributed by atoms with van der Waals surface area (Å²) >= 11 is 1.65. The molecule has 11 nitrogen and oxygen atoms in total. The van der Waals surface area contributed by atoms with Gasteiger partial charge in [0.2, 0.25) is 0 Å². The van der Waals surface area contributed by atoms with Gasteiger partial charge in [-0.2, -0.15) is 8.42 Å². The molecule has 0 aliphatic rings. The molecule has 4 N–H and O–H groups in total. The maximum absolute atomic E-state index is 11.5. The number of aromatic nitrogens is 7. The zero-order valence-corrected chi connectivity index (χ0v) is 19.9. The second-order valence-corrected chi connectivity index (χ2v) is 10.1. The largest absolute Gasteiger partial charge is 0.312 e. The minimum atomic E-state index is -3.87. The molecule has 0 radical (unpaired) electrons. The van der Waals surface area contributed by atoms with E-state index in [4.69, 9.17) is 5.14 Å². The van der Waals surface area contributed by atoms with Crippen molar-refractivity contribution in [1.82, 2.24) is 34.7 Å². The monoisotopic (exact) mass is 511 g/mol. The van der Waals surface area contributed by atoms with Gasteiger partial charge >= 0.3 is 0 Å². The summed E-state index contributed by atoms with van der Waals surface area (Å²) in [5, 5.41) is 20.4. The Bertz CT molecular complexity index is 1560. The highest BCUT2D eigenvalue weighted by Crippen LogP contribution is 2.35. The summed E-state index contributed by atoms with van der Waals surface area (Å²) in [5.41, 5.74) is 4.12. The number of H-pyrrole nitrogens is 1. The lowest BCUT2D eigenvalue weighted by Gasteiger charge is -2.16. The average Bonchev–Trinajstić information content (AvgIpc) is 3.54. The van der Waals surface area contributed by atoms with Crippen LogP contribution in [-0.4, -0.2) is 43.2 Å². The molecule has 1 aromatic carbocycles. The molecule has 5 rings (SSSR count). The Kier molecular flexibility index (Phi) is 6.56. The lowest BCUT2D eigenvalue weighted by atomic mass is 10.1. The fraction of sp³-hybridized carbons (Fsp3) is 0.182. The predicted octanol–water partition coefficient (Wildman–Crippen LogP) is 3.36. The molecule has 35 heavy (non-hydrogen) atoms. The Morgan fingerprint density at radius 2 is 1.97 bits per heavy atom. The van der Waals surface area contributed by atoms with Crippen molar-refractivity contribution in [3.8, 4) is 21.3 Å². The zero-order valence-electron chi connectivity index (χ0n) is 18.3. The van der Waals surface area contributed by atoms with E-state index in [1.807, 2.05) is 36.7 Å². The summed E-state index contributed by atoms with van der Waals surface area (Å²) in [5.74, 6) is 1.55. The zero-order chi connectivity index (χ0) is 23.9. The molecule has 0 amide bonds. The van der Waals surface area contributed by atoms with Crippen LogP contribution in [0.3, 0.4) is 0 Å². The number of nitrogens with one attached hydrogen (secondary N) is 2. The Morgan fingerprint density at radius 3 is 2.63 bits per heavy atom. The summed E-state index contributed by atoms with van der Waals surface area (Å²) < 4.78 is 29.4. The van der Waals surface area contributed by atoms with Crippen LogP contribution in [-0.2, 0) is 16.6 Å². The molecule has 0 fully saturated rings. The summed E-state index contributed by atoms with van der Waals surface area (Å²) in [4.78, 5) is 5.38. The molecule has 0 spiro atoms. The smallest absolute Gasteiger partial charge is 0.296 e. The van der Waals surface area contributed by atoms with Crippen molar-refractivity contribution >= 4 is 27.2 Å². The van der Waals surface area contributed by atoms with E-state index in [1.54, 1.807) is 29.7 Å². The summed E-state index contributed by atoms with van der Waals surface area (Å²) in [6.07, 6.45) is 4.21. The Balaban J connectivity index is 0.00000289. The Hall–Kier alpha value is -3.81. The first-order valence-electron chi connectivity index (χ1n) is 10.2. The lowest BCUT2D eigenvalue weighted by Crippen LogP contribution is -2.21. The van der Waals surface area contributed by atoms with Gasteiger partial charge in [-0.25, -0.2) is 15.2 Å². The van der Waals surface area contributed by atoms with Crippen LogP contribution in [0.5, 0.6) is 0 Å². The minimum Gasteiger partial charge on any atom is -0.312 e. The van der Waals surface area contributed by atoms with Crippen molar-refractivity contribution < 1.29 is 8.42 Å². The SMILES string of the molecule is C.Cc1cc(NS(N)(=O)=O)ccc1-n1c(Cc2nnn[nH]2)ccc1-c1ccc(-n2ccnc2C)s1. The number of tetrazole rings is 1. The van der Waals surface area contributed by atoms with Gasteiger partial charge in [0.1, 0.15) is 10.8 Å². The van der Waals surface area contributed by atoms with E-state index in [0.29, 0.717) is 17.9 Å². The Morgan fingerprint density at radius 1 is 1.14 bits per heavy atom. The molecule has 0 saturated carbocycles. The lowest BCUT2D eigenvalue weighted by molar-refractivity contribution is 0.603. The highest BCUT2D eigenvalue weighted by Gasteiger charge is 2.18. The van der Waals surface area contributed by atoms with Crippen LogP contribution in [0, 0.1) is 13.8 Å². The summed E-state index contributed by atoms with van der Waals surface area (Å²) in [6, 6.07) is 13.5. The van der Waals surface area contributed by atoms with Gasteiger partial charge in [0.15, 0.2) is 5.82 Å². The molecule has 182 valence electrons. The molecule has 0 unspecified atom stereocenters. The van der Waals surface area contributed by atoms with Crippen LogP contribution in [0.2, 0.25) is 0 Å². The number of hydrogen-bond acceptors (Lipinski definition) is 7. The van der Waals surface area contributed by atoms with Gasteiger partial charge in [0, 0.05) is 30.2 Å². The van der Waals surface area contributed by atoms with Crippen LogP contribution in [0.4, 0.5) is 5.69 Å². The van der Waals surface area contributed by atoms with E-state index in [0.717, 1.165) is 38.3 Å². The van der Waals surface area contributed by atoms with Crippen molar-refractivity contribution in [1.29, 1.82) is 0 Å². The van der Waals surface area contributed by atoms with Crippen LogP contribution in [0.25, 0.3) is 21.3 Å². The van der Waals surface area contributed by atoms with Gasteiger partial charge < -0.3 is 4.57 Å². The third-order valence-electron chi connectivity index (χ3n) is 5.30. The maximum atomic E-state index is 11.5. The number of nitrogens with two attached hydrogens (primary N) is 1. The number of aromatic amines is 1. The van der Waals surface area contributed by atoms with Gasteiger partial charge in [-0.15, -0.1) is 16.4 Å². The van der Waals surface area contributed by atoms with E-state index in [1.165, 1.54) is 0 Å². The first-order chi connectivity index (χ1) is 16.3. The van der Waals surface area contributed by atoms with E-state index < -0.39 is 10.2 Å². The third kappa shape index (κ3) is 5.01. The number of aryl methyl sites for hydroxylation is 2. The number of benzene rings is 1. The third-order valence-corrected chi connectivity index (χ3v) is 6.93. The average molecular weight is 512 g/mol. The number of hydrogen-bond donors (Lipinski definition) is 3. The van der Waals surface area contributed by atoms with Crippen molar-refractivity contribution in [2.75, 3.05) is 4.72 Å². The maximum Gasteiger partial charge on any atom is 0.296 e. The first-order valence-corrected chi connectivity index (χ1v) is 12.6. The predicted molar refractivity (Wildman–Crippen MR) is 136 cm³/mol. The van der Waals surface area contributed by atoms with Gasteiger partial charge in [0.05, 0.1) is 16.3 Å². The topological polar surface area (TPSA) is 149 Å². The molecular weight excluding hydrogens is 486 g/mol. The molecule has 0 aliphatic heterocycles. The van der Waals surface area contributed by atoms with Crippen molar-refractivity contribution in [2.45, 2.75) is 27.7 Å².